The van der Waals surface area contributed by atoms with Crippen LogP contribution >= 0.6 is 11.6 Å². The van der Waals surface area contributed by atoms with Crippen LogP contribution in [0.3, 0.4) is 0 Å². The van der Waals surface area contributed by atoms with E-state index in [1.165, 1.54) is 6.20 Å². The first kappa shape index (κ1) is 15.9. The van der Waals surface area contributed by atoms with E-state index in [0.29, 0.717) is 19.4 Å². The predicted molar refractivity (Wildman–Crippen MR) is 75.9 cm³/mol. The maximum absolute atomic E-state index is 13.5. The number of pyridine rings is 1. The molecule has 0 aliphatic carbocycles. The summed E-state index contributed by atoms with van der Waals surface area (Å²) >= 11 is 5.92. The minimum Gasteiger partial charge on any atom is -0.323 e. The van der Waals surface area contributed by atoms with Gasteiger partial charge in [-0.2, -0.15) is 0 Å². The van der Waals surface area contributed by atoms with Gasteiger partial charge in [0.25, 0.3) is 5.56 Å². The molecule has 0 saturated carbocycles. The molecule has 1 saturated heterocycles. The summed E-state index contributed by atoms with van der Waals surface area (Å²) in [5.41, 5.74) is -0.785. The number of halogens is 3. The summed E-state index contributed by atoms with van der Waals surface area (Å²) in [6.07, 6.45) is 2.52. The number of anilines is 1. The van der Waals surface area contributed by atoms with Gasteiger partial charge in [0, 0.05) is 24.2 Å². The number of alkyl halides is 2. The lowest BCUT2D eigenvalue weighted by atomic mass is 10.0. The number of hydrogen-bond acceptors (Lipinski definition) is 3. The SMILES string of the molecule is O=C(Nc1cc(F)c(=O)n(CCF)c1)C1CCC(Cl)CN1. The molecule has 1 amide bonds. The van der Waals surface area contributed by atoms with Crippen LogP contribution in [-0.4, -0.2) is 35.1 Å². The van der Waals surface area contributed by atoms with E-state index in [2.05, 4.69) is 10.6 Å². The van der Waals surface area contributed by atoms with Crippen molar-refractivity contribution in [2.45, 2.75) is 30.8 Å². The van der Waals surface area contributed by atoms with Crippen molar-refractivity contribution in [1.29, 1.82) is 0 Å². The fourth-order valence-corrected chi connectivity index (χ4v) is 2.41. The van der Waals surface area contributed by atoms with Crippen molar-refractivity contribution >= 4 is 23.2 Å². The Kier molecular flexibility index (Phi) is 5.30. The zero-order chi connectivity index (χ0) is 15.4. The third-order valence-electron chi connectivity index (χ3n) is 3.31. The van der Waals surface area contributed by atoms with E-state index in [-0.39, 0.29) is 23.5 Å². The molecule has 5 nitrogen and oxygen atoms in total. The van der Waals surface area contributed by atoms with E-state index in [4.69, 9.17) is 11.6 Å². The van der Waals surface area contributed by atoms with Gasteiger partial charge < -0.3 is 15.2 Å². The van der Waals surface area contributed by atoms with Crippen molar-refractivity contribution in [3.8, 4) is 0 Å². The number of carbonyl (C=O) groups excluding carboxylic acids is 1. The Hall–Kier alpha value is -1.47. The molecule has 0 spiro atoms. The lowest BCUT2D eigenvalue weighted by Crippen LogP contribution is -2.47. The molecule has 2 atom stereocenters. The molecule has 2 unspecified atom stereocenters. The normalized spacial score (nSPS) is 22.0. The molecule has 0 aromatic carbocycles. The molecule has 1 aliphatic heterocycles. The Labute approximate surface area is 125 Å². The van der Waals surface area contributed by atoms with E-state index in [0.717, 1.165) is 10.6 Å². The quantitative estimate of drug-likeness (QED) is 0.821. The van der Waals surface area contributed by atoms with Gasteiger partial charge in [-0.15, -0.1) is 11.6 Å². The van der Waals surface area contributed by atoms with Crippen molar-refractivity contribution in [3.05, 3.63) is 28.4 Å². The first-order chi connectivity index (χ1) is 10.0. The minimum absolute atomic E-state index is 0.00189. The Morgan fingerprint density at radius 3 is 2.90 bits per heavy atom. The van der Waals surface area contributed by atoms with Crippen molar-refractivity contribution in [1.82, 2.24) is 9.88 Å². The second-order valence-electron chi connectivity index (χ2n) is 4.89. The van der Waals surface area contributed by atoms with Gasteiger partial charge in [0.1, 0.15) is 6.67 Å². The van der Waals surface area contributed by atoms with Crippen LogP contribution in [0.1, 0.15) is 12.8 Å². The van der Waals surface area contributed by atoms with Crippen molar-refractivity contribution in [2.75, 3.05) is 18.5 Å². The highest BCUT2D eigenvalue weighted by atomic mass is 35.5. The molecule has 1 aromatic rings. The second kappa shape index (κ2) is 7.00. The molecule has 2 heterocycles. The highest BCUT2D eigenvalue weighted by Crippen LogP contribution is 2.15. The van der Waals surface area contributed by atoms with Crippen LogP contribution < -0.4 is 16.2 Å². The topological polar surface area (TPSA) is 63.1 Å². The number of amides is 1. The van der Waals surface area contributed by atoms with Crippen LogP contribution in [0.5, 0.6) is 0 Å². The summed E-state index contributed by atoms with van der Waals surface area (Å²) in [4.78, 5) is 23.5. The van der Waals surface area contributed by atoms with Gasteiger partial charge in [-0.1, -0.05) is 0 Å². The average Bonchev–Trinajstić information content (AvgIpc) is 2.45. The predicted octanol–water partition coefficient (Wildman–Crippen LogP) is 1.25. The molecular weight excluding hydrogens is 304 g/mol. The Bertz CT molecular complexity index is 571. The van der Waals surface area contributed by atoms with E-state index in [1.54, 1.807) is 0 Å². The first-order valence-electron chi connectivity index (χ1n) is 6.65. The van der Waals surface area contributed by atoms with E-state index in [1.807, 2.05) is 0 Å². The number of carbonyl (C=O) groups is 1. The van der Waals surface area contributed by atoms with Crippen LogP contribution in [0.25, 0.3) is 0 Å². The number of nitrogens with zero attached hydrogens (tertiary/aromatic N) is 1. The van der Waals surface area contributed by atoms with Crippen LogP contribution in [0.4, 0.5) is 14.5 Å². The number of aromatic nitrogens is 1. The molecule has 2 rings (SSSR count). The van der Waals surface area contributed by atoms with E-state index >= 15 is 0 Å². The van der Waals surface area contributed by atoms with Crippen molar-refractivity contribution in [3.63, 3.8) is 0 Å². The molecule has 8 heteroatoms. The number of rotatable bonds is 4. The maximum atomic E-state index is 13.5. The summed E-state index contributed by atoms with van der Waals surface area (Å²) in [7, 11) is 0. The fraction of sp³-hybridized carbons (Fsp3) is 0.538. The van der Waals surface area contributed by atoms with Gasteiger partial charge in [0.2, 0.25) is 5.91 Å². The molecule has 116 valence electrons. The highest BCUT2D eigenvalue weighted by molar-refractivity contribution is 6.20. The summed E-state index contributed by atoms with van der Waals surface area (Å²) < 4.78 is 26.7. The van der Waals surface area contributed by atoms with Gasteiger partial charge in [-0.05, 0) is 12.8 Å². The van der Waals surface area contributed by atoms with Crippen LogP contribution in [0.15, 0.2) is 17.1 Å². The molecular formula is C13H16ClF2N3O2. The fourth-order valence-electron chi connectivity index (χ4n) is 2.20. The average molecular weight is 320 g/mol. The summed E-state index contributed by atoms with van der Waals surface area (Å²) in [5.74, 6) is -1.36. The smallest absolute Gasteiger partial charge is 0.286 e. The van der Waals surface area contributed by atoms with E-state index < -0.39 is 24.1 Å². The lowest BCUT2D eigenvalue weighted by molar-refractivity contribution is -0.118. The number of hydrogen-bond donors (Lipinski definition) is 2. The minimum atomic E-state index is -1.03. The molecule has 0 radical (unpaired) electrons. The molecule has 0 bridgehead atoms. The summed E-state index contributed by atoms with van der Waals surface area (Å²) in [6.45, 7) is -0.525. The molecule has 1 fully saturated rings. The third kappa shape index (κ3) is 4.01. The number of piperidine rings is 1. The maximum Gasteiger partial charge on any atom is 0.286 e. The number of aryl methyl sites for hydroxylation is 1. The lowest BCUT2D eigenvalue weighted by Gasteiger charge is -2.25. The van der Waals surface area contributed by atoms with Crippen molar-refractivity contribution < 1.29 is 13.6 Å². The zero-order valence-corrected chi connectivity index (χ0v) is 12.0. The monoisotopic (exact) mass is 319 g/mol. The molecule has 21 heavy (non-hydrogen) atoms. The molecule has 1 aromatic heterocycles. The highest BCUT2D eigenvalue weighted by Gasteiger charge is 2.24. The van der Waals surface area contributed by atoms with Gasteiger partial charge in [0.05, 0.1) is 18.3 Å². The van der Waals surface area contributed by atoms with Crippen molar-refractivity contribution in [2.24, 2.45) is 0 Å². The van der Waals surface area contributed by atoms with Crippen LogP contribution in [0, 0.1) is 5.82 Å². The van der Waals surface area contributed by atoms with Crippen LogP contribution in [-0.2, 0) is 11.3 Å². The zero-order valence-electron chi connectivity index (χ0n) is 11.2. The summed E-state index contributed by atoms with van der Waals surface area (Å²) in [5, 5.41) is 5.51. The van der Waals surface area contributed by atoms with Gasteiger partial charge >= 0.3 is 0 Å². The van der Waals surface area contributed by atoms with Gasteiger partial charge in [-0.25, -0.2) is 8.78 Å². The first-order valence-corrected chi connectivity index (χ1v) is 7.09. The Morgan fingerprint density at radius 1 is 1.52 bits per heavy atom. The van der Waals surface area contributed by atoms with Gasteiger partial charge in [-0.3, -0.25) is 9.59 Å². The molecule has 1 aliphatic rings. The summed E-state index contributed by atoms with van der Waals surface area (Å²) in [6, 6.07) is 0.520. The standard InChI is InChI=1S/C13H16ClF2N3O2/c14-8-1-2-11(17-6-8)12(20)18-9-5-10(16)13(21)19(7-9)4-3-15/h5,7-8,11,17H,1-4,6H2,(H,18,20). The Balaban J connectivity index is 2.08. The van der Waals surface area contributed by atoms with E-state index in [9.17, 15) is 18.4 Å². The van der Waals surface area contributed by atoms with Gasteiger partial charge in [0.15, 0.2) is 5.82 Å². The second-order valence-corrected chi connectivity index (χ2v) is 5.51. The third-order valence-corrected chi connectivity index (χ3v) is 3.68. The molecule has 2 N–H and O–H groups in total. The number of nitrogens with one attached hydrogen (secondary N) is 2. The largest absolute Gasteiger partial charge is 0.323 e. The Morgan fingerprint density at radius 2 is 2.29 bits per heavy atom. The van der Waals surface area contributed by atoms with Crippen LogP contribution in [0.2, 0.25) is 0 Å².